The summed E-state index contributed by atoms with van der Waals surface area (Å²) in [7, 11) is 1.79. The SMILES string of the molecule is Cn1cc(CNc2c(C#N)cnc3c(F)cc(F)cc23)cn1. The molecule has 3 aromatic rings. The first-order chi connectivity index (χ1) is 10.6. The van der Waals surface area contributed by atoms with Crippen LogP contribution in [0.3, 0.4) is 0 Å². The number of rotatable bonds is 3. The van der Waals surface area contributed by atoms with Gasteiger partial charge >= 0.3 is 0 Å². The Morgan fingerprint density at radius 3 is 2.82 bits per heavy atom. The van der Waals surface area contributed by atoms with E-state index in [0.29, 0.717) is 12.2 Å². The molecule has 0 unspecified atom stereocenters. The number of hydrogen-bond acceptors (Lipinski definition) is 4. The molecule has 2 aromatic heterocycles. The van der Waals surface area contributed by atoms with Crippen LogP contribution in [0.5, 0.6) is 0 Å². The summed E-state index contributed by atoms with van der Waals surface area (Å²) in [6, 6.07) is 3.91. The zero-order valence-electron chi connectivity index (χ0n) is 11.6. The molecule has 1 N–H and O–H groups in total. The molecule has 0 aliphatic carbocycles. The molecule has 1 aromatic carbocycles. The van der Waals surface area contributed by atoms with E-state index in [0.717, 1.165) is 17.7 Å². The van der Waals surface area contributed by atoms with Crippen molar-refractivity contribution in [1.82, 2.24) is 14.8 Å². The number of aryl methyl sites for hydroxylation is 1. The maximum atomic E-state index is 13.8. The molecular formula is C15H11F2N5. The topological polar surface area (TPSA) is 66.5 Å². The van der Waals surface area contributed by atoms with Gasteiger partial charge in [-0.05, 0) is 6.07 Å². The summed E-state index contributed by atoms with van der Waals surface area (Å²) < 4.78 is 28.9. The molecule has 3 rings (SSSR count). The first kappa shape index (κ1) is 13.9. The highest BCUT2D eigenvalue weighted by molar-refractivity contribution is 5.94. The van der Waals surface area contributed by atoms with Crippen molar-refractivity contribution in [2.75, 3.05) is 5.32 Å². The number of hydrogen-bond donors (Lipinski definition) is 1. The van der Waals surface area contributed by atoms with E-state index < -0.39 is 11.6 Å². The normalized spacial score (nSPS) is 10.6. The molecule has 2 heterocycles. The monoisotopic (exact) mass is 299 g/mol. The summed E-state index contributed by atoms with van der Waals surface area (Å²) in [5.74, 6) is -1.48. The van der Waals surface area contributed by atoms with Crippen LogP contribution in [0.2, 0.25) is 0 Å². The zero-order chi connectivity index (χ0) is 15.7. The van der Waals surface area contributed by atoms with E-state index in [1.54, 1.807) is 17.9 Å². The van der Waals surface area contributed by atoms with Crippen molar-refractivity contribution in [2.24, 2.45) is 7.05 Å². The quantitative estimate of drug-likeness (QED) is 0.807. The fourth-order valence-electron chi connectivity index (χ4n) is 2.26. The summed E-state index contributed by atoms with van der Waals surface area (Å²) in [6.45, 7) is 0.375. The third-order valence-electron chi connectivity index (χ3n) is 3.24. The molecule has 7 heteroatoms. The van der Waals surface area contributed by atoms with Crippen molar-refractivity contribution in [3.8, 4) is 6.07 Å². The molecule has 5 nitrogen and oxygen atoms in total. The maximum Gasteiger partial charge on any atom is 0.152 e. The van der Waals surface area contributed by atoms with Gasteiger partial charge in [-0.2, -0.15) is 10.4 Å². The largest absolute Gasteiger partial charge is 0.379 e. The Morgan fingerprint density at radius 2 is 2.14 bits per heavy atom. The fourth-order valence-corrected chi connectivity index (χ4v) is 2.26. The lowest BCUT2D eigenvalue weighted by Gasteiger charge is -2.11. The second kappa shape index (κ2) is 5.41. The first-order valence-corrected chi connectivity index (χ1v) is 6.47. The molecule has 0 atom stereocenters. The molecule has 22 heavy (non-hydrogen) atoms. The lowest BCUT2D eigenvalue weighted by atomic mass is 10.1. The Bertz CT molecular complexity index is 895. The average molecular weight is 299 g/mol. The number of pyridine rings is 1. The highest BCUT2D eigenvalue weighted by Gasteiger charge is 2.13. The third-order valence-corrected chi connectivity index (χ3v) is 3.24. The van der Waals surface area contributed by atoms with Gasteiger partial charge in [0.25, 0.3) is 0 Å². The van der Waals surface area contributed by atoms with Gasteiger partial charge in [-0.15, -0.1) is 0 Å². The van der Waals surface area contributed by atoms with E-state index in [1.165, 1.54) is 6.20 Å². The van der Waals surface area contributed by atoms with E-state index in [4.69, 9.17) is 0 Å². The van der Waals surface area contributed by atoms with Crippen LogP contribution in [0.1, 0.15) is 11.1 Å². The predicted molar refractivity (Wildman–Crippen MR) is 76.9 cm³/mol. The van der Waals surface area contributed by atoms with Crippen LogP contribution < -0.4 is 5.32 Å². The summed E-state index contributed by atoms with van der Waals surface area (Å²) >= 11 is 0. The summed E-state index contributed by atoms with van der Waals surface area (Å²) in [4.78, 5) is 3.89. The number of aromatic nitrogens is 3. The van der Waals surface area contributed by atoms with Crippen LogP contribution >= 0.6 is 0 Å². The Kier molecular flexibility index (Phi) is 3.43. The molecule has 0 bridgehead atoms. The number of halogens is 2. The lowest BCUT2D eigenvalue weighted by Crippen LogP contribution is -2.03. The summed E-state index contributed by atoms with van der Waals surface area (Å²) in [6.07, 6.45) is 4.75. The third kappa shape index (κ3) is 2.46. The van der Waals surface area contributed by atoms with E-state index in [2.05, 4.69) is 15.4 Å². The summed E-state index contributed by atoms with van der Waals surface area (Å²) in [5.41, 5.74) is 1.48. The van der Waals surface area contributed by atoms with Crippen molar-refractivity contribution < 1.29 is 8.78 Å². The van der Waals surface area contributed by atoms with Gasteiger partial charge < -0.3 is 5.32 Å². The standard InChI is InChI=1S/C15H11F2N5/c1-22-8-9(6-21-22)5-19-14-10(4-18)7-20-15-12(14)2-11(16)3-13(15)17/h2-3,6-8H,5H2,1H3,(H,19,20). The van der Waals surface area contributed by atoms with Gasteiger partial charge in [0.15, 0.2) is 5.82 Å². The molecule has 0 aliphatic heterocycles. The van der Waals surface area contributed by atoms with Crippen LogP contribution in [0.4, 0.5) is 14.5 Å². The minimum Gasteiger partial charge on any atom is -0.379 e. The van der Waals surface area contributed by atoms with Gasteiger partial charge in [-0.25, -0.2) is 8.78 Å². The smallest absolute Gasteiger partial charge is 0.152 e. The number of nitrogens with zero attached hydrogens (tertiary/aromatic N) is 4. The lowest BCUT2D eigenvalue weighted by molar-refractivity contribution is 0.590. The van der Waals surface area contributed by atoms with Crippen LogP contribution in [-0.2, 0) is 13.6 Å². The Balaban J connectivity index is 2.07. The minimum atomic E-state index is -0.760. The minimum absolute atomic E-state index is 0.0223. The molecule has 0 amide bonds. The van der Waals surface area contributed by atoms with Gasteiger partial charge in [0.2, 0.25) is 0 Å². The number of nitriles is 1. The van der Waals surface area contributed by atoms with E-state index in [-0.39, 0.29) is 16.5 Å². The molecule has 0 spiro atoms. The van der Waals surface area contributed by atoms with Crippen molar-refractivity contribution in [3.63, 3.8) is 0 Å². The molecule has 0 saturated heterocycles. The van der Waals surface area contributed by atoms with Crippen LogP contribution in [0, 0.1) is 23.0 Å². The van der Waals surface area contributed by atoms with Crippen molar-refractivity contribution in [2.45, 2.75) is 6.54 Å². The first-order valence-electron chi connectivity index (χ1n) is 6.47. The summed E-state index contributed by atoms with van der Waals surface area (Å²) in [5, 5.41) is 16.5. The van der Waals surface area contributed by atoms with Crippen molar-refractivity contribution in [1.29, 1.82) is 5.26 Å². The van der Waals surface area contributed by atoms with Crippen LogP contribution in [0.15, 0.2) is 30.7 Å². The van der Waals surface area contributed by atoms with E-state index >= 15 is 0 Å². The van der Waals surface area contributed by atoms with E-state index in [1.807, 2.05) is 12.3 Å². The Hall–Kier alpha value is -3.01. The van der Waals surface area contributed by atoms with Crippen LogP contribution in [-0.4, -0.2) is 14.8 Å². The number of anilines is 1. The van der Waals surface area contributed by atoms with E-state index in [9.17, 15) is 14.0 Å². The molecule has 0 aliphatic rings. The van der Waals surface area contributed by atoms with Crippen molar-refractivity contribution >= 4 is 16.6 Å². The number of benzene rings is 1. The van der Waals surface area contributed by atoms with Crippen LogP contribution in [0.25, 0.3) is 10.9 Å². The second-order valence-electron chi connectivity index (χ2n) is 4.82. The molecule has 0 fully saturated rings. The van der Waals surface area contributed by atoms with Gasteiger partial charge in [0.1, 0.15) is 17.4 Å². The highest BCUT2D eigenvalue weighted by Crippen LogP contribution is 2.28. The Morgan fingerprint density at radius 1 is 1.32 bits per heavy atom. The number of nitrogens with one attached hydrogen (secondary N) is 1. The van der Waals surface area contributed by atoms with Gasteiger partial charge in [0.05, 0.1) is 17.4 Å². The van der Waals surface area contributed by atoms with Gasteiger partial charge in [-0.1, -0.05) is 0 Å². The maximum absolute atomic E-state index is 13.8. The van der Waals surface area contributed by atoms with Gasteiger partial charge in [0, 0.05) is 43.0 Å². The zero-order valence-corrected chi connectivity index (χ0v) is 11.6. The predicted octanol–water partition coefficient (Wildman–Crippen LogP) is 2.73. The van der Waals surface area contributed by atoms with Crippen molar-refractivity contribution in [3.05, 3.63) is 53.5 Å². The molecule has 110 valence electrons. The number of fused-ring (bicyclic) bond motifs is 1. The average Bonchev–Trinajstić information content (AvgIpc) is 2.90. The molecular weight excluding hydrogens is 288 g/mol. The molecule has 0 radical (unpaired) electrons. The molecule has 0 saturated carbocycles. The fraction of sp³-hybridized carbons (Fsp3) is 0.133. The van der Waals surface area contributed by atoms with Gasteiger partial charge in [-0.3, -0.25) is 9.67 Å². The highest BCUT2D eigenvalue weighted by atomic mass is 19.1. The Labute approximate surface area is 124 Å². The second-order valence-corrected chi connectivity index (χ2v) is 4.82.